The van der Waals surface area contributed by atoms with Gasteiger partial charge >= 0.3 is 0 Å². The van der Waals surface area contributed by atoms with Crippen LogP contribution in [0.3, 0.4) is 0 Å². The number of ether oxygens (including phenoxy) is 1. The van der Waals surface area contributed by atoms with E-state index in [4.69, 9.17) is 10.5 Å². The van der Waals surface area contributed by atoms with Crippen molar-refractivity contribution in [2.45, 2.75) is 52.0 Å². The highest BCUT2D eigenvalue weighted by atomic mass is 16.5. The van der Waals surface area contributed by atoms with Gasteiger partial charge in [0.25, 0.3) is 0 Å². The molecule has 0 radical (unpaired) electrons. The quantitative estimate of drug-likeness (QED) is 0.446. The van der Waals surface area contributed by atoms with Crippen LogP contribution < -0.4 is 15.8 Å². The van der Waals surface area contributed by atoms with Crippen molar-refractivity contribution in [1.82, 2.24) is 5.32 Å². The van der Waals surface area contributed by atoms with Gasteiger partial charge in [-0.25, -0.2) is 0 Å². The number of nitrogens with one attached hydrogen (secondary N) is 1. The second kappa shape index (κ2) is 10.7. The Kier molecular flexibility index (Phi) is 7.98. The molecule has 1 aliphatic heterocycles. The number of hydrogen-bond acceptors (Lipinski definition) is 4. The molecular formula is C30H36N2O2. The minimum absolute atomic E-state index is 0.158. The molecular weight excluding hydrogens is 420 g/mol. The summed E-state index contributed by atoms with van der Waals surface area (Å²) in [6, 6.07) is 28.4. The van der Waals surface area contributed by atoms with Crippen LogP contribution in [0.15, 0.2) is 97.2 Å². The molecule has 0 bridgehead atoms. The lowest BCUT2D eigenvalue weighted by Crippen LogP contribution is -2.49. The molecule has 1 heterocycles. The van der Waals surface area contributed by atoms with Crippen molar-refractivity contribution in [2.24, 2.45) is 5.73 Å². The fraction of sp³-hybridized carbons (Fsp3) is 0.267. The second-order valence-corrected chi connectivity index (χ2v) is 9.56. The molecule has 4 heteroatoms. The van der Waals surface area contributed by atoms with Crippen molar-refractivity contribution in [2.75, 3.05) is 0 Å². The Morgan fingerprint density at radius 1 is 0.824 bits per heavy atom. The molecule has 3 aromatic carbocycles. The summed E-state index contributed by atoms with van der Waals surface area (Å²) in [7, 11) is 0. The Labute approximate surface area is 203 Å². The summed E-state index contributed by atoms with van der Waals surface area (Å²) in [5.74, 6) is 0.794. The molecule has 0 fully saturated rings. The standard InChI is InChI=1S/C17H16N2.C13H20O2/c18-17-16(14-9-5-2-6-10-14)11-15(12-19-17)13-7-3-1-4-8-13;1-10-7-6-8-11(9-10)15-13(4,5)12(2,3)14/h1-12,17,19H,18H2;6-9,14H,1-5H3. The monoisotopic (exact) mass is 456 g/mol. The molecule has 0 spiro atoms. The highest BCUT2D eigenvalue weighted by Gasteiger charge is 2.37. The van der Waals surface area contributed by atoms with Crippen molar-refractivity contribution in [3.63, 3.8) is 0 Å². The molecule has 4 N–H and O–H groups in total. The lowest BCUT2D eigenvalue weighted by atomic mass is 9.89. The lowest BCUT2D eigenvalue weighted by Gasteiger charge is -2.37. The second-order valence-electron chi connectivity index (χ2n) is 9.56. The number of hydrogen-bond donors (Lipinski definition) is 3. The smallest absolute Gasteiger partial charge is 0.131 e. The Morgan fingerprint density at radius 2 is 1.41 bits per heavy atom. The van der Waals surface area contributed by atoms with Crippen LogP contribution in [0.2, 0.25) is 0 Å². The molecule has 4 nitrogen and oxygen atoms in total. The van der Waals surface area contributed by atoms with Crippen molar-refractivity contribution in [1.29, 1.82) is 0 Å². The molecule has 0 aromatic heterocycles. The zero-order valence-corrected chi connectivity index (χ0v) is 20.7. The third-order valence-electron chi connectivity index (χ3n) is 6.11. The third-order valence-corrected chi connectivity index (χ3v) is 6.11. The Bertz CT molecular complexity index is 1130. The predicted octanol–water partition coefficient (Wildman–Crippen LogP) is 5.92. The molecule has 1 unspecified atom stereocenters. The summed E-state index contributed by atoms with van der Waals surface area (Å²) >= 11 is 0. The number of aliphatic hydroxyl groups is 1. The Balaban J connectivity index is 0.000000197. The maximum Gasteiger partial charge on any atom is 0.131 e. The SMILES string of the molecule is Cc1cccc(OC(C)(C)C(C)(C)O)c1.NC1NC=C(c2ccccc2)C=C1c1ccccc1. The maximum absolute atomic E-state index is 9.95. The molecule has 0 amide bonds. The van der Waals surface area contributed by atoms with E-state index in [2.05, 4.69) is 35.7 Å². The summed E-state index contributed by atoms with van der Waals surface area (Å²) in [6.45, 7) is 9.29. The minimum Gasteiger partial charge on any atom is -0.485 e. The van der Waals surface area contributed by atoms with E-state index in [1.54, 1.807) is 13.8 Å². The number of allylic oxidation sites excluding steroid dienone is 2. The van der Waals surface area contributed by atoms with E-state index in [1.807, 2.05) is 87.6 Å². The number of benzene rings is 3. The van der Waals surface area contributed by atoms with Crippen LogP contribution in [0.4, 0.5) is 0 Å². The molecule has 4 rings (SSSR count). The first kappa shape index (κ1) is 25.3. The number of aryl methyl sites for hydroxylation is 1. The Hall–Kier alpha value is -3.34. The van der Waals surface area contributed by atoms with E-state index in [0.717, 1.165) is 28.0 Å². The van der Waals surface area contributed by atoms with Crippen LogP contribution in [0.5, 0.6) is 5.75 Å². The first-order chi connectivity index (χ1) is 16.1. The van der Waals surface area contributed by atoms with Gasteiger partial charge < -0.3 is 20.9 Å². The summed E-state index contributed by atoms with van der Waals surface area (Å²) in [6.07, 6.45) is 3.98. The van der Waals surface area contributed by atoms with Crippen LogP contribution in [-0.4, -0.2) is 22.5 Å². The van der Waals surface area contributed by atoms with E-state index in [0.29, 0.717) is 0 Å². The summed E-state index contributed by atoms with van der Waals surface area (Å²) in [5.41, 5.74) is 10.4. The topological polar surface area (TPSA) is 67.5 Å². The molecule has 178 valence electrons. The number of rotatable bonds is 5. The number of nitrogens with two attached hydrogens (primary N) is 1. The fourth-order valence-corrected chi connectivity index (χ4v) is 3.36. The molecule has 0 saturated heterocycles. The van der Waals surface area contributed by atoms with E-state index in [1.165, 1.54) is 5.56 Å². The summed E-state index contributed by atoms with van der Waals surface area (Å²) in [5, 5.41) is 13.2. The van der Waals surface area contributed by atoms with Gasteiger partial charge in [-0.1, -0.05) is 72.8 Å². The highest BCUT2D eigenvalue weighted by molar-refractivity contribution is 5.87. The average molecular weight is 457 g/mol. The van der Waals surface area contributed by atoms with Gasteiger partial charge in [-0.15, -0.1) is 0 Å². The van der Waals surface area contributed by atoms with Gasteiger partial charge in [-0.3, -0.25) is 0 Å². The average Bonchev–Trinajstić information content (AvgIpc) is 2.80. The molecule has 1 atom stereocenters. The minimum atomic E-state index is -0.878. The predicted molar refractivity (Wildman–Crippen MR) is 142 cm³/mol. The van der Waals surface area contributed by atoms with Gasteiger partial charge in [0, 0.05) is 6.20 Å². The van der Waals surface area contributed by atoms with Gasteiger partial charge in [0.2, 0.25) is 0 Å². The maximum atomic E-state index is 9.95. The van der Waals surface area contributed by atoms with Gasteiger partial charge in [-0.05, 0) is 80.7 Å². The van der Waals surface area contributed by atoms with Crippen LogP contribution in [0.1, 0.15) is 44.4 Å². The molecule has 3 aromatic rings. The first-order valence-corrected chi connectivity index (χ1v) is 11.6. The van der Waals surface area contributed by atoms with Gasteiger partial charge in [-0.2, -0.15) is 0 Å². The van der Waals surface area contributed by atoms with E-state index in [-0.39, 0.29) is 6.17 Å². The summed E-state index contributed by atoms with van der Waals surface area (Å²) < 4.78 is 5.80. The van der Waals surface area contributed by atoms with Gasteiger partial charge in [0.1, 0.15) is 17.5 Å². The highest BCUT2D eigenvalue weighted by Crippen LogP contribution is 2.28. The van der Waals surface area contributed by atoms with Crippen molar-refractivity contribution < 1.29 is 9.84 Å². The van der Waals surface area contributed by atoms with Crippen LogP contribution in [0, 0.1) is 6.92 Å². The lowest BCUT2D eigenvalue weighted by molar-refractivity contribution is -0.0906. The third kappa shape index (κ3) is 6.60. The van der Waals surface area contributed by atoms with Crippen molar-refractivity contribution >= 4 is 11.1 Å². The molecule has 1 aliphatic rings. The largest absolute Gasteiger partial charge is 0.485 e. The van der Waals surface area contributed by atoms with Crippen molar-refractivity contribution in [3.05, 3.63) is 114 Å². The van der Waals surface area contributed by atoms with Crippen LogP contribution in [-0.2, 0) is 0 Å². The zero-order chi connectivity index (χ0) is 24.8. The van der Waals surface area contributed by atoms with Crippen LogP contribution in [0.25, 0.3) is 11.1 Å². The number of dihydropyridines is 1. The normalized spacial score (nSPS) is 15.8. The molecule has 0 saturated carbocycles. The van der Waals surface area contributed by atoms with Gasteiger partial charge in [0.05, 0.1) is 5.60 Å². The molecule has 0 aliphatic carbocycles. The fourth-order valence-electron chi connectivity index (χ4n) is 3.36. The van der Waals surface area contributed by atoms with Gasteiger partial charge in [0.15, 0.2) is 0 Å². The van der Waals surface area contributed by atoms with E-state index >= 15 is 0 Å². The molecule has 34 heavy (non-hydrogen) atoms. The van der Waals surface area contributed by atoms with Crippen LogP contribution >= 0.6 is 0 Å². The van der Waals surface area contributed by atoms with Crippen molar-refractivity contribution in [3.8, 4) is 5.75 Å². The van der Waals surface area contributed by atoms with E-state index < -0.39 is 11.2 Å². The van der Waals surface area contributed by atoms with E-state index in [9.17, 15) is 5.11 Å². The first-order valence-electron chi connectivity index (χ1n) is 11.6. The zero-order valence-electron chi connectivity index (χ0n) is 20.7. The summed E-state index contributed by atoms with van der Waals surface area (Å²) in [4.78, 5) is 0. The Morgan fingerprint density at radius 3 is 1.97 bits per heavy atom.